The van der Waals surface area contributed by atoms with Gasteiger partial charge in [0, 0.05) is 23.7 Å². The molecule has 3 aromatic rings. The summed E-state index contributed by atoms with van der Waals surface area (Å²) in [5.41, 5.74) is 2.14. The fourth-order valence-corrected chi connectivity index (χ4v) is 2.26. The summed E-state index contributed by atoms with van der Waals surface area (Å²) in [6, 6.07) is 18.4. The quantitative estimate of drug-likeness (QED) is 0.772. The average molecular weight is 278 g/mol. The number of nitrogens with one attached hydrogen (secondary N) is 1. The minimum Gasteiger partial charge on any atom is -0.457 e. The van der Waals surface area contributed by atoms with Gasteiger partial charge in [-0.15, -0.1) is 0 Å². The Hall–Kier alpha value is -2.39. The number of fused-ring (bicyclic) bond motifs is 1. The molecule has 3 nitrogen and oxygen atoms in total. The van der Waals surface area contributed by atoms with Gasteiger partial charge in [-0.25, -0.2) is 0 Å². The third kappa shape index (κ3) is 3.03. The first-order chi connectivity index (χ1) is 10.3. The lowest BCUT2D eigenvalue weighted by Crippen LogP contribution is -2.11. The first-order valence-electron chi connectivity index (χ1n) is 7.06. The lowest BCUT2D eigenvalue weighted by Gasteiger charge is -2.12. The zero-order chi connectivity index (χ0) is 14.7. The second kappa shape index (κ2) is 5.94. The summed E-state index contributed by atoms with van der Waals surface area (Å²) in [5, 5.41) is 4.34. The smallest absolute Gasteiger partial charge is 0.129 e. The van der Waals surface area contributed by atoms with Crippen molar-refractivity contribution in [2.24, 2.45) is 0 Å². The number of benzene rings is 2. The largest absolute Gasteiger partial charge is 0.457 e. The summed E-state index contributed by atoms with van der Waals surface area (Å²) < 4.78 is 5.95. The minimum absolute atomic E-state index is 0.298. The molecule has 1 aromatic heterocycles. The molecule has 3 rings (SSSR count). The van der Waals surface area contributed by atoms with Gasteiger partial charge in [0.15, 0.2) is 0 Å². The molecular formula is C18H18N2O. The van der Waals surface area contributed by atoms with E-state index in [0.717, 1.165) is 22.4 Å². The van der Waals surface area contributed by atoms with E-state index in [9.17, 15) is 0 Å². The highest BCUT2D eigenvalue weighted by Gasteiger charge is 2.05. The Kier molecular flexibility index (Phi) is 3.84. The molecule has 0 fully saturated rings. The first-order valence-corrected chi connectivity index (χ1v) is 7.06. The Morgan fingerprint density at radius 2 is 1.86 bits per heavy atom. The van der Waals surface area contributed by atoms with Crippen molar-refractivity contribution in [3.8, 4) is 11.5 Å². The van der Waals surface area contributed by atoms with Gasteiger partial charge >= 0.3 is 0 Å². The summed E-state index contributed by atoms with van der Waals surface area (Å²) in [6.45, 7) is 2.12. The van der Waals surface area contributed by atoms with Crippen molar-refractivity contribution in [2.45, 2.75) is 13.0 Å². The van der Waals surface area contributed by atoms with Crippen LogP contribution in [0.15, 0.2) is 60.8 Å². The first kappa shape index (κ1) is 13.6. The van der Waals surface area contributed by atoms with E-state index in [1.165, 1.54) is 5.56 Å². The van der Waals surface area contributed by atoms with Crippen LogP contribution in [0.2, 0.25) is 0 Å². The number of hydrogen-bond acceptors (Lipinski definition) is 3. The maximum Gasteiger partial charge on any atom is 0.129 e. The van der Waals surface area contributed by atoms with Crippen LogP contribution >= 0.6 is 0 Å². The molecule has 0 aliphatic carbocycles. The standard InChI is InChI=1S/C18H18N2O/c1-13(19-2)15-5-3-7-16(11-15)21-17-9-8-14-6-4-10-20-18(14)12-17/h3-13,19H,1-2H3. The van der Waals surface area contributed by atoms with E-state index in [4.69, 9.17) is 4.74 Å². The highest BCUT2D eigenvalue weighted by atomic mass is 16.5. The van der Waals surface area contributed by atoms with Crippen LogP contribution in [0.4, 0.5) is 0 Å². The number of rotatable bonds is 4. The van der Waals surface area contributed by atoms with Crippen molar-refractivity contribution in [1.29, 1.82) is 0 Å². The molecule has 21 heavy (non-hydrogen) atoms. The Bertz CT molecular complexity index is 755. The van der Waals surface area contributed by atoms with Crippen LogP contribution in [-0.4, -0.2) is 12.0 Å². The van der Waals surface area contributed by atoms with Gasteiger partial charge in [-0.2, -0.15) is 0 Å². The summed E-state index contributed by atoms with van der Waals surface area (Å²) >= 11 is 0. The van der Waals surface area contributed by atoms with Crippen LogP contribution in [-0.2, 0) is 0 Å². The summed E-state index contributed by atoms with van der Waals surface area (Å²) in [7, 11) is 1.95. The number of aromatic nitrogens is 1. The molecule has 1 N–H and O–H groups in total. The van der Waals surface area contributed by atoms with Crippen molar-refractivity contribution in [3.05, 3.63) is 66.4 Å². The highest BCUT2D eigenvalue weighted by molar-refractivity contribution is 5.79. The van der Waals surface area contributed by atoms with Gasteiger partial charge in [0.25, 0.3) is 0 Å². The molecule has 0 bridgehead atoms. The van der Waals surface area contributed by atoms with Gasteiger partial charge in [-0.3, -0.25) is 4.98 Å². The van der Waals surface area contributed by atoms with Gasteiger partial charge in [0.1, 0.15) is 11.5 Å². The minimum atomic E-state index is 0.298. The Labute approximate surface area is 124 Å². The van der Waals surface area contributed by atoms with Crippen LogP contribution in [0.5, 0.6) is 11.5 Å². The normalized spacial score (nSPS) is 12.3. The molecule has 0 aliphatic rings. The predicted octanol–water partition coefficient (Wildman–Crippen LogP) is 4.31. The number of hydrogen-bond donors (Lipinski definition) is 1. The van der Waals surface area contributed by atoms with Gasteiger partial charge in [0.05, 0.1) is 5.52 Å². The molecule has 0 saturated carbocycles. The Morgan fingerprint density at radius 3 is 2.71 bits per heavy atom. The Balaban J connectivity index is 1.87. The molecule has 0 amide bonds. The molecular weight excluding hydrogens is 260 g/mol. The zero-order valence-corrected chi connectivity index (χ0v) is 12.2. The molecule has 3 heteroatoms. The molecule has 0 spiro atoms. The van der Waals surface area contributed by atoms with Gasteiger partial charge < -0.3 is 10.1 Å². The monoisotopic (exact) mass is 278 g/mol. The number of ether oxygens (including phenoxy) is 1. The third-order valence-electron chi connectivity index (χ3n) is 3.60. The fourth-order valence-electron chi connectivity index (χ4n) is 2.26. The zero-order valence-electron chi connectivity index (χ0n) is 12.2. The maximum absolute atomic E-state index is 5.95. The number of nitrogens with zero attached hydrogens (tertiary/aromatic N) is 1. The highest BCUT2D eigenvalue weighted by Crippen LogP contribution is 2.26. The average Bonchev–Trinajstić information content (AvgIpc) is 2.54. The molecule has 1 atom stereocenters. The maximum atomic E-state index is 5.95. The molecule has 1 unspecified atom stereocenters. The van der Waals surface area contributed by atoms with Crippen LogP contribution < -0.4 is 10.1 Å². The summed E-state index contributed by atoms with van der Waals surface area (Å²) in [4.78, 5) is 4.35. The Morgan fingerprint density at radius 1 is 1.00 bits per heavy atom. The van der Waals surface area contributed by atoms with Crippen molar-refractivity contribution in [3.63, 3.8) is 0 Å². The SMILES string of the molecule is CNC(C)c1cccc(Oc2ccc3cccnc3c2)c1. The predicted molar refractivity (Wildman–Crippen MR) is 85.7 cm³/mol. The lowest BCUT2D eigenvalue weighted by atomic mass is 10.1. The van der Waals surface area contributed by atoms with Gasteiger partial charge in [-0.05, 0) is 49.9 Å². The summed E-state index contributed by atoms with van der Waals surface area (Å²) in [6.07, 6.45) is 1.79. The van der Waals surface area contributed by atoms with Gasteiger partial charge in [-0.1, -0.05) is 18.2 Å². The molecule has 0 radical (unpaired) electrons. The molecule has 0 aliphatic heterocycles. The summed E-state index contributed by atoms with van der Waals surface area (Å²) in [5.74, 6) is 1.64. The topological polar surface area (TPSA) is 34.1 Å². The second-order valence-corrected chi connectivity index (χ2v) is 5.04. The van der Waals surface area contributed by atoms with E-state index in [0.29, 0.717) is 6.04 Å². The van der Waals surface area contributed by atoms with Crippen LogP contribution in [0.1, 0.15) is 18.5 Å². The van der Waals surface area contributed by atoms with Gasteiger partial charge in [0.2, 0.25) is 0 Å². The van der Waals surface area contributed by atoms with E-state index in [1.54, 1.807) is 6.20 Å². The van der Waals surface area contributed by atoms with E-state index in [-0.39, 0.29) is 0 Å². The third-order valence-corrected chi connectivity index (χ3v) is 3.60. The van der Waals surface area contributed by atoms with E-state index >= 15 is 0 Å². The van der Waals surface area contributed by atoms with Crippen molar-refractivity contribution in [1.82, 2.24) is 10.3 Å². The van der Waals surface area contributed by atoms with E-state index < -0.39 is 0 Å². The van der Waals surface area contributed by atoms with Crippen molar-refractivity contribution >= 4 is 10.9 Å². The van der Waals surface area contributed by atoms with Crippen LogP contribution in [0.25, 0.3) is 10.9 Å². The number of pyridine rings is 1. The van der Waals surface area contributed by atoms with Crippen molar-refractivity contribution < 1.29 is 4.74 Å². The molecule has 1 heterocycles. The van der Waals surface area contributed by atoms with E-state index in [2.05, 4.69) is 29.4 Å². The fraction of sp³-hybridized carbons (Fsp3) is 0.167. The van der Waals surface area contributed by atoms with Crippen LogP contribution in [0.3, 0.4) is 0 Å². The lowest BCUT2D eigenvalue weighted by molar-refractivity contribution is 0.481. The van der Waals surface area contributed by atoms with Crippen molar-refractivity contribution in [2.75, 3.05) is 7.05 Å². The van der Waals surface area contributed by atoms with E-state index in [1.807, 2.05) is 49.5 Å². The van der Waals surface area contributed by atoms with Crippen LogP contribution in [0, 0.1) is 0 Å². The molecule has 0 saturated heterocycles. The molecule has 106 valence electrons. The molecule has 2 aromatic carbocycles. The second-order valence-electron chi connectivity index (χ2n) is 5.04.